The molecule has 0 unspecified atom stereocenters. The summed E-state index contributed by atoms with van der Waals surface area (Å²) in [6, 6.07) is 9.89. The van der Waals surface area contributed by atoms with E-state index in [1.165, 1.54) is 16.4 Å². The number of rotatable bonds is 5. The summed E-state index contributed by atoms with van der Waals surface area (Å²) >= 11 is 0. The fourth-order valence-corrected chi connectivity index (χ4v) is 4.27. The highest BCUT2D eigenvalue weighted by Gasteiger charge is 2.27. The molecule has 2 heterocycles. The van der Waals surface area contributed by atoms with Gasteiger partial charge in [0, 0.05) is 37.9 Å². The minimum absolute atomic E-state index is 0.176. The van der Waals surface area contributed by atoms with Gasteiger partial charge in [-0.25, -0.2) is 8.42 Å². The first-order chi connectivity index (χ1) is 12.8. The monoisotopic (exact) mass is 389 g/mol. The molecule has 0 saturated carbocycles. The van der Waals surface area contributed by atoms with Crippen LogP contribution in [0.15, 0.2) is 51.8 Å². The average molecular weight is 389 g/mol. The molecule has 1 aliphatic heterocycles. The Bertz CT molecular complexity index is 941. The third-order valence-electron chi connectivity index (χ3n) is 4.36. The highest BCUT2D eigenvalue weighted by Crippen LogP contribution is 2.21. The molecule has 1 aromatic heterocycles. The van der Waals surface area contributed by atoms with E-state index in [9.17, 15) is 13.2 Å². The maximum atomic E-state index is 12.8. The Morgan fingerprint density at radius 3 is 2.56 bits per heavy atom. The molecule has 2 aromatic rings. The Balaban J connectivity index is 1.69. The average Bonchev–Trinajstić information content (AvgIpc) is 3.06. The largest absolute Gasteiger partial charge is 0.462 e. The van der Waals surface area contributed by atoms with Gasteiger partial charge in [0.25, 0.3) is 0 Å². The smallest absolute Gasteiger partial charge is 0.248 e. The second-order valence-electron chi connectivity index (χ2n) is 6.51. The van der Waals surface area contributed by atoms with Crippen molar-refractivity contribution in [2.75, 3.05) is 38.5 Å². The van der Waals surface area contributed by atoms with Crippen molar-refractivity contribution in [3.05, 3.63) is 54.0 Å². The van der Waals surface area contributed by atoms with Crippen LogP contribution in [-0.4, -0.2) is 56.8 Å². The van der Waals surface area contributed by atoms with Gasteiger partial charge in [0.2, 0.25) is 15.9 Å². The van der Waals surface area contributed by atoms with Gasteiger partial charge in [-0.1, -0.05) is 6.07 Å². The Kier molecular flexibility index (Phi) is 5.79. The number of furan rings is 1. The molecule has 1 amide bonds. The van der Waals surface area contributed by atoms with Gasteiger partial charge in [0.15, 0.2) is 0 Å². The van der Waals surface area contributed by atoms with Gasteiger partial charge < -0.3 is 14.6 Å². The fourth-order valence-electron chi connectivity index (χ4n) is 2.80. The van der Waals surface area contributed by atoms with Gasteiger partial charge in [0.05, 0.1) is 4.90 Å². The highest BCUT2D eigenvalue weighted by molar-refractivity contribution is 7.89. The van der Waals surface area contributed by atoms with Crippen LogP contribution in [0.2, 0.25) is 0 Å². The molecule has 1 N–H and O–H groups in total. The van der Waals surface area contributed by atoms with Crippen LogP contribution < -0.4 is 5.32 Å². The van der Waals surface area contributed by atoms with Crippen molar-refractivity contribution in [2.24, 2.45) is 0 Å². The second-order valence-corrected chi connectivity index (χ2v) is 8.44. The van der Waals surface area contributed by atoms with E-state index in [4.69, 9.17) is 4.42 Å². The minimum atomic E-state index is -3.57. The van der Waals surface area contributed by atoms with E-state index in [-0.39, 0.29) is 10.8 Å². The first-order valence-electron chi connectivity index (χ1n) is 8.69. The van der Waals surface area contributed by atoms with Crippen molar-refractivity contribution < 1.29 is 17.6 Å². The van der Waals surface area contributed by atoms with E-state index < -0.39 is 10.0 Å². The van der Waals surface area contributed by atoms with Crippen LogP contribution >= 0.6 is 0 Å². The van der Waals surface area contributed by atoms with Crippen molar-refractivity contribution in [1.82, 2.24) is 9.21 Å². The molecule has 27 heavy (non-hydrogen) atoms. The summed E-state index contributed by atoms with van der Waals surface area (Å²) in [6.07, 6.45) is 2.91. The standard InChI is InChI=1S/C19H23N3O4S/c1-15-6-7-17(26-15)8-9-19(23)20-16-4-3-5-18(14-16)27(24,25)22-12-10-21(2)11-13-22/h3-9,14H,10-13H2,1-2H3,(H,20,23). The maximum absolute atomic E-state index is 12.8. The molecular weight excluding hydrogens is 366 g/mol. The summed E-state index contributed by atoms with van der Waals surface area (Å²) in [5.41, 5.74) is 0.426. The molecule has 7 nitrogen and oxygen atoms in total. The summed E-state index contributed by atoms with van der Waals surface area (Å²) in [5, 5.41) is 2.68. The number of likely N-dealkylation sites (N-methyl/N-ethyl adjacent to an activating group) is 1. The summed E-state index contributed by atoms with van der Waals surface area (Å²) in [4.78, 5) is 14.4. The Labute approximate surface area is 159 Å². The Morgan fingerprint density at radius 1 is 1.15 bits per heavy atom. The molecule has 144 valence electrons. The van der Waals surface area contributed by atoms with Crippen LogP contribution in [0.4, 0.5) is 5.69 Å². The van der Waals surface area contributed by atoms with Crippen molar-refractivity contribution in [2.45, 2.75) is 11.8 Å². The Hall–Kier alpha value is -2.42. The molecule has 1 aromatic carbocycles. The Morgan fingerprint density at radius 2 is 1.89 bits per heavy atom. The number of carbonyl (C=O) groups excluding carboxylic acids is 1. The first kappa shape index (κ1) is 19.3. The summed E-state index contributed by atoms with van der Waals surface area (Å²) in [5.74, 6) is 0.976. The predicted octanol–water partition coefficient (Wildman–Crippen LogP) is 2.18. The number of nitrogens with one attached hydrogen (secondary N) is 1. The predicted molar refractivity (Wildman–Crippen MR) is 104 cm³/mol. The van der Waals surface area contributed by atoms with Crippen LogP contribution in [-0.2, 0) is 14.8 Å². The number of hydrogen-bond donors (Lipinski definition) is 1. The van der Waals surface area contributed by atoms with E-state index in [2.05, 4.69) is 10.2 Å². The van der Waals surface area contributed by atoms with Gasteiger partial charge in [0.1, 0.15) is 11.5 Å². The van der Waals surface area contributed by atoms with Crippen LogP contribution in [0.5, 0.6) is 0 Å². The van der Waals surface area contributed by atoms with Crippen molar-refractivity contribution in [3.8, 4) is 0 Å². The maximum Gasteiger partial charge on any atom is 0.248 e. The van der Waals surface area contributed by atoms with E-state index >= 15 is 0 Å². The lowest BCUT2D eigenvalue weighted by molar-refractivity contribution is -0.111. The molecule has 1 saturated heterocycles. The number of amides is 1. The van der Waals surface area contributed by atoms with E-state index in [0.29, 0.717) is 37.6 Å². The molecule has 1 fully saturated rings. The normalized spacial score (nSPS) is 16.7. The van der Waals surface area contributed by atoms with Crippen molar-refractivity contribution in [1.29, 1.82) is 0 Å². The minimum Gasteiger partial charge on any atom is -0.462 e. The van der Waals surface area contributed by atoms with E-state index in [1.54, 1.807) is 30.3 Å². The summed E-state index contributed by atoms with van der Waals surface area (Å²) < 4.78 is 32.5. The lowest BCUT2D eigenvalue weighted by Crippen LogP contribution is -2.47. The molecule has 8 heteroatoms. The summed E-state index contributed by atoms with van der Waals surface area (Å²) in [7, 11) is -1.60. The molecule has 0 radical (unpaired) electrons. The van der Waals surface area contributed by atoms with Gasteiger partial charge in [-0.15, -0.1) is 0 Å². The topological polar surface area (TPSA) is 82.9 Å². The summed E-state index contributed by atoms with van der Waals surface area (Å²) in [6.45, 7) is 4.14. The van der Waals surface area contributed by atoms with Gasteiger partial charge in [-0.05, 0) is 50.4 Å². The van der Waals surface area contributed by atoms with Crippen molar-refractivity contribution in [3.63, 3.8) is 0 Å². The lowest BCUT2D eigenvalue weighted by Gasteiger charge is -2.31. The van der Waals surface area contributed by atoms with Gasteiger partial charge >= 0.3 is 0 Å². The highest BCUT2D eigenvalue weighted by atomic mass is 32.2. The molecule has 0 atom stereocenters. The molecule has 1 aliphatic rings. The zero-order chi connectivity index (χ0) is 19.4. The van der Waals surface area contributed by atoms with E-state index in [1.807, 2.05) is 20.0 Å². The zero-order valence-corrected chi connectivity index (χ0v) is 16.2. The number of nitrogens with zero attached hydrogens (tertiary/aromatic N) is 2. The lowest BCUT2D eigenvalue weighted by atomic mass is 10.3. The number of piperazine rings is 1. The molecule has 3 rings (SSSR count). The number of sulfonamides is 1. The molecule has 0 bridgehead atoms. The van der Waals surface area contributed by atoms with Gasteiger partial charge in [-0.3, -0.25) is 4.79 Å². The van der Waals surface area contributed by atoms with Crippen LogP contribution in [0.1, 0.15) is 11.5 Å². The molecule has 0 aliphatic carbocycles. The van der Waals surface area contributed by atoms with E-state index in [0.717, 1.165) is 5.76 Å². The zero-order valence-electron chi connectivity index (χ0n) is 15.4. The third kappa shape index (κ3) is 4.85. The number of benzene rings is 1. The quantitative estimate of drug-likeness (QED) is 0.793. The van der Waals surface area contributed by atoms with Crippen LogP contribution in [0.3, 0.4) is 0 Å². The number of aryl methyl sites for hydroxylation is 1. The van der Waals surface area contributed by atoms with Crippen molar-refractivity contribution >= 4 is 27.7 Å². The van der Waals surface area contributed by atoms with Crippen LogP contribution in [0, 0.1) is 6.92 Å². The second kappa shape index (κ2) is 8.08. The first-order valence-corrected chi connectivity index (χ1v) is 10.1. The number of hydrogen-bond acceptors (Lipinski definition) is 5. The third-order valence-corrected chi connectivity index (χ3v) is 6.26. The van der Waals surface area contributed by atoms with Crippen LogP contribution in [0.25, 0.3) is 6.08 Å². The number of anilines is 1. The van der Waals surface area contributed by atoms with Gasteiger partial charge in [-0.2, -0.15) is 4.31 Å². The SMILES string of the molecule is Cc1ccc(C=CC(=O)Nc2cccc(S(=O)(=O)N3CCN(C)CC3)c2)o1. The number of carbonyl (C=O) groups is 1. The fraction of sp³-hybridized carbons (Fsp3) is 0.316. The molecular formula is C19H23N3O4S. The molecule has 0 spiro atoms.